The zero-order valence-electron chi connectivity index (χ0n) is 9.42. The van der Waals surface area contributed by atoms with E-state index in [-0.39, 0.29) is 6.04 Å². The third kappa shape index (κ3) is 3.57. The molecule has 1 aromatic heterocycles. The van der Waals surface area contributed by atoms with E-state index in [2.05, 4.69) is 10.3 Å². The smallest absolute Gasteiger partial charge is 0.336 e. The van der Waals surface area contributed by atoms with Crippen molar-refractivity contribution in [2.45, 2.75) is 31.6 Å². The van der Waals surface area contributed by atoms with Gasteiger partial charge < -0.3 is 10.2 Å². The van der Waals surface area contributed by atoms with Crippen LogP contribution < -0.4 is 10.2 Å². The Balaban J connectivity index is 2.09. The van der Waals surface area contributed by atoms with Crippen LogP contribution in [0.3, 0.4) is 0 Å². The summed E-state index contributed by atoms with van der Waals surface area (Å²) in [6.07, 6.45) is -0.867. The van der Waals surface area contributed by atoms with Crippen LogP contribution in [0.1, 0.15) is 17.7 Å². The summed E-state index contributed by atoms with van der Waals surface area (Å²) >= 11 is 1.33. The molecule has 0 aromatic carbocycles. The van der Waals surface area contributed by atoms with Gasteiger partial charge in [-0.2, -0.15) is 13.2 Å². The Morgan fingerprint density at radius 1 is 1.53 bits per heavy atom. The van der Waals surface area contributed by atoms with Gasteiger partial charge >= 0.3 is 6.18 Å². The molecule has 96 valence electrons. The Bertz CT molecular complexity index is 373. The largest absolute Gasteiger partial charge is 0.406 e. The molecular formula is C10H14F3N3S. The summed E-state index contributed by atoms with van der Waals surface area (Å²) in [5.74, 6) is 0. The lowest BCUT2D eigenvalue weighted by Gasteiger charge is -2.22. The van der Waals surface area contributed by atoms with Crippen molar-refractivity contribution >= 4 is 16.5 Å². The van der Waals surface area contributed by atoms with Crippen LogP contribution >= 0.6 is 11.3 Å². The Morgan fingerprint density at radius 2 is 2.24 bits per heavy atom. The molecular weight excluding hydrogens is 251 g/mol. The minimum absolute atomic E-state index is 0.0187. The molecule has 1 aliphatic carbocycles. The van der Waals surface area contributed by atoms with Crippen LogP contribution in [0.4, 0.5) is 18.3 Å². The van der Waals surface area contributed by atoms with Crippen LogP contribution in [-0.2, 0) is 6.54 Å². The monoisotopic (exact) mass is 265 g/mol. The van der Waals surface area contributed by atoms with Crippen molar-refractivity contribution in [2.75, 3.05) is 18.5 Å². The number of hydrogen-bond acceptors (Lipinski definition) is 4. The number of aromatic nitrogens is 1. The lowest BCUT2D eigenvalue weighted by Crippen LogP contribution is -2.35. The van der Waals surface area contributed by atoms with Crippen molar-refractivity contribution in [3.63, 3.8) is 0 Å². The SMILES string of the molecule is CNCc1cnc(N(CC(F)(F)F)C2CC2)s1. The average Bonchev–Trinajstić information content (AvgIpc) is 2.95. The lowest BCUT2D eigenvalue weighted by molar-refractivity contribution is -0.120. The second-order valence-electron chi connectivity index (χ2n) is 4.11. The Hall–Kier alpha value is -0.820. The maximum atomic E-state index is 12.5. The van der Waals surface area contributed by atoms with E-state index in [1.54, 1.807) is 13.2 Å². The van der Waals surface area contributed by atoms with Gasteiger partial charge in [0, 0.05) is 23.7 Å². The van der Waals surface area contributed by atoms with Gasteiger partial charge in [-0.1, -0.05) is 0 Å². The fourth-order valence-corrected chi connectivity index (χ4v) is 2.61. The molecule has 1 heterocycles. The van der Waals surface area contributed by atoms with Crippen LogP contribution in [0.15, 0.2) is 6.20 Å². The molecule has 0 bridgehead atoms. The molecule has 1 aromatic rings. The Morgan fingerprint density at radius 3 is 2.76 bits per heavy atom. The summed E-state index contributed by atoms with van der Waals surface area (Å²) in [6.45, 7) is -0.258. The van der Waals surface area contributed by atoms with Crippen molar-refractivity contribution in [3.8, 4) is 0 Å². The topological polar surface area (TPSA) is 28.2 Å². The maximum Gasteiger partial charge on any atom is 0.406 e. The molecule has 0 atom stereocenters. The van der Waals surface area contributed by atoms with E-state index in [9.17, 15) is 13.2 Å². The predicted octanol–water partition coefficient (Wildman–Crippen LogP) is 2.39. The van der Waals surface area contributed by atoms with E-state index in [1.807, 2.05) is 0 Å². The summed E-state index contributed by atoms with van der Waals surface area (Å²) in [5, 5.41) is 3.44. The first-order valence-electron chi connectivity index (χ1n) is 5.42. The van der Waals surface area contributed by atoms with Crippen molar-refractivity contribution in [1.82, 2.24) is 10.3 Å². The van der Waals surface area contributed by atoms with Gasteiger partial charge in [-0.05, 0) is 19.9 Å². The number of alkyl halides is 3. The molecule has 1 saturated carbocycles. The van der Waals surface area contributed by atoms with Crippen LogP contribution in [0.2, 0.25) is 0 Å². The highest BCUT2D eigenvalue weighted by atomic mass is 32.1. The molecule has 2 rings (SSSR count). The number of thiazole rings is 1. The van der Waals surface area contributed by atoms with E-state index >= 15 is 0 Å². The number of rotatable bonds is 5. The first-order chi connectivity index (χ1) is 7.99. The summed E-state index contributed by atoms with van der Waals surface area (Å²) in [5.41, 5.74) is 0. The van der Waals surface area contributed by atoms with Crippen LogP contribution in [0, 0.1) is 0 Å². The van der Waals surface area contributed by atoms with Gasteiger partial charge in [0.1, 0.15) is 6.54 Å². The van der Waals surface area contributed by atoms with Gasteiger partial charge in [-0.25, -0.2) is 4.98 Å². The first kappa shape index (κ1) is 12.6. The zero-order valence-corrected chi connectivity index (χ0v) is 10.2. The summed E-state index contributed by atoms with van der Waals surface area (Å²) in [6, 6.07) is 0.0187. The van der Waals surface area contributed by atoms with E-state index in [0.29, 0.717) is 11.7 Å². The third-order valence-corrected chi connectivity index (χ3v) is 3.51. The second-order valence-corrected chi connectivity index (χ2v) is 5.21. The van der Waals surface area contributed by atoms with Crippen LogP contribution in [0.25, 0.3) is 0 Å². The summed E-state index contributed by atoms with van der Waals surface area (Å²) < 4.78 is 37.4. The first-order valence-corrected chi connectivity index (χ1v) is 6.24. The van der Waals surface area contributed by atoms with E-state index in [0.717, 1.165) is 17.7 Å². The highest BCUT2D eigenvalue weighted by Gasteiger charge is 2.39. The molecule has 0 aliphatic heterocycles. The second kappa shape index (κ2) is 4.81. The van der Waals surface area contributed by atoms with Crippen molar-refractivity contribution in [1.29, 1.82) is 0 Å². The standard InChI is InChI=1S/C10H14F3N3S/c1-14-4-8-5-15-9(17-8)16(7-2-3-7)6-10(11,12)13/h5,7,14H,2-4,6H2,1H3. The molecule has 1 N–H and O–H groups in total. The molecule has 3 nitrogen and oxygen atoms in total. The third-order valence-electron chi connectivity index (χ3n) is 2.48. The minimum atomic E-state index is -4.17. The van der Waals surface area contributed by atoms with Crippen molar-refractivity contribution in [3.05, 3.63) is 11.1 Å². The molecule has 0 spiro atoms. The molecule has 0 saturated heterocycles. The number of nitrogens with one attached hydrogen (secondary N) is 1. The molecule has 0 unspecified atom stereocenters. The molecule has 17 heavy (non-hydrogen) atoms. The van der Waals surface area contributed by atoms with Gasteiger partial charge in [0.25, 0.3) is 0 Å². The van der Waals surface area contributed by atoms with Gasteiger partial charge in [0.2, 0.25) is 0 Å². The Kier molecular flexibility index (Phi) is 3.58. The van der Waals surface area contributed by atoms with Crippen molar-refractivity contribution in [2.24, 2.45) is 0 Å². The number of nitrogens with zero attached hydrogens (tertiary/aromatic N) is 2. The van der Waals surface area contributed by atoms with E-state index in [1.165, 1.54) is 16.2 Å². The zero-order chi connectivity index (χ0) is 12.5. The molecule has 0 radical (unpaired) electrons. The quantitative estimate of drug-likeness (QED) is 0.886. The van der Waals surface area contributed by atoms with Crippen LogP contribution in [-0.4, -0.2) is 30.8 Å². The van der Waals surface area contributed by atoms with Gasteiger partial charge in [0.05, 0.1) is 0 Å². The normalized spacial score (nSPS) is 16.2. The van der Waals surface area contributed by atoms with Crippen molar-refractivity contribution < 1.29 is 13.2 Å². The molecule has 1 fully saturated rings. The predicted molar refractivity (Wildman–Crippen MR) is 61.3 cm³/mol. The van der Waals surface area contributed by atoms with E-state index < -0.39 is 12.7 Å². The number of anilines is 1. The number of halogens is 3. The van der Waals surface area contributed by atoms with Gasteiger partial charge in [0.15, 0.2) is 5.13 Å². The number of hydrogen-bond donors (Lipinski definition) is 1. The maximum absolute atomic E-state index is 12.5. The van der Waals surface area contributed by atoms with E-state index in [4.69, 9.17) is 0 Å². The summed E-state index contributed by atoms with van der Waals surface area (Å²) in [7, 11) is 1.80. The van der Waals surface area contributed by atoms with Gasteiger partial charge in [-0.15, -0.1) is 11.3 Å². The highest BCUT2D eigenvalue weighted by Crippen LogP contribution is 2.36. The molecule has 1 aliphatic rings. The Labute approximate surface area is 102 Å². The molecule has 7 heteroatoms. The average molecular weight is 265 g/mol. The van der Waals surface area contributed by atoms with Gasteiger partial charge in [-0.3, -0.25) is 0 Å². The lowest BCUT2D eigenvalue weighted by atomic mass is 10.5. The minimum Gasteiger partial charge on any atom is -0.336 e. The highest BCUT2D eigenvalue weighted by molar-refractivity contribution is 7.15. The van der Waals surface area contributed by atoms with Crippen LogP contribution in [0.5, 0.6) is 0 Å². The fourth-order valence-electron chi connectivity index (χ4n) is 1.62. The molecule has 0 amide bonds. The summed E-state index contributed by atoms with van der Waals surface area (Å²) in [4.78, 5) is 6.42. The fraction of sp³-hybridized carbons (Fsp3) is 0.700.